The highest BCUT2D eigenvalue weighted by atomic mass is 16.2. The van der Waals surface area contributed by atoms with Crippen molar-refractivity contribution in [2.75, 3.05) is 18.4 Å². The number of anilines is 1. The predicted octanol–water partition coefficient (Wildman–Crippen LogP) is 4.20. The maximum Gasteiger partial charge on any atom is 0.321 e. The van der Waals surface area contributed by atoms with Crippen LogP contribution < -0.4 is 5.32 Å². The summed E-state index contributed by atoms with van der Waals surface area (Å²) in [5.41, 5.74) is 3.40. The normalized spacial score (nSPS) is 17.4. The number of hydrogen-bond acceptors (Lipinski definition) is 1. The average molecular weight is 319 g/mol. The summed E-state index contributed by atoms with van der Waals surface area (Å²) in [5, 5.41) is 4.24. The quantitative estimate of drug-likeness (QED) is 0.755. The molecule has 4 rings (SSSR count). The molecule has 0 bridgehead atoms. The minimum absolute atomic E-state index is 0.0116. The van der Waals surface area contributed by atoms with Gasteiger partial charge in [0.25, 0.3) is 0 Å². The lowest BCUT2D eigenvalue weighted by atomic mass is 10.0. The van der Waals surface area contributed by atoms with Crippen LogP contribution in [0.1, 0.15) is 18.0 Å². The second-order valence-electron chi connectivity index (χ2n) is 6.41. The van der Waals surface area contributed by atoms with Gasteiger partial charge in [0.05, 0.1) is 0 Å². The van der Waals surface area contributed by atoms with Crippen molar-refractivity contribution in [2.45, 2.75) is 12.3 Å². The van der Waals surface area contributed by atoms with Crippen LogP contribution in [0.5, 0.6) is 0 Å². The molecule has 0 aliphatic carbocycles. The molecular formula is C20H21N3O. The van der Waals surface area contributed by atoms with Gasteiger partial charge in [-0.15, -0.1) is 0 Å². The molecule has 24 heavy (non-hydrogen) atoms. The Balaban J connectivity index is 1.49. The molecule has 1 saturated heterocycles. The van der Waals surface area contributed by atoms with Gasteiger partial charge in [0.1, 0.15) is 0 Å². The van der Waals surface area contributed by atoms with Gasteiger partial charge in [-0.05, 0) is 36.1 Å². The van der Waals surface area contributed by atoms with Gasteiger partial charge in [-0.3, -0.25) is 0 Å². The van der Waals surface area contributed by atoms with E-state index in [1.165, 1.54) is 16.6 Å². The molecule has 1 fully saturated rings. The Morgan fingerprint density at radius 3 is 2.62 bits per heavy atom. The number of hydrogen-bond donors (Lipinski definition) is 1. The van der Waals surface area contributed by atoms with E-state index in [2.05, 4.69) is 47.3 Å². The van der Waals surface area contributed by atoms with Gasteiger partial charge in [-0.25, -0.2) is 4.79 Å². The summed E-state index contributed by atoms with van der Waals surface area (Å²) in [6, 6.07) is 20.3. The molecule has 0 spiro atoms. The summed E-state index contributed by atoms with van der Waals surface area (Å²) in [6.07, 6.45) is 1.01. The van der Waals surface area contributed by atoms with Gasteiger partial charge in [-0.1, -0.05) is 36.4 Å². The van der Waals surface area contributed by atoms with Crippen molar-refractivity contribution < 1.29 is 4.79 Å². The summed E-state index contributed by atoms with van der Waals surface area (Å²) in [4.78, 5) is 14.4. The van der Waals surface area contributed by atoms with Crippen molar-refractivity contribution in [2.24, 2.45) is 7.05 Å². The fourth-order valence-corrected chi connectivity index (χ4v) is 3.61. The van der Waals surface area contributed by atoms with Crippen molar-refractivity contribution in [3.05, 3.63) is 66.4 Å². The number of benzene rings is 2. The fraction of sp³-hybridized carbons (Fsp3) is 0.250. The van der Waals surface area contributed by atoms with Crippen LogP contribution >= 0.6 is 0 Å². The average Bonchev–Trinajstić information content (AvgIpc) is 3.21. The standard InChI is InChI=1S/C20H21N3O/c1-22-18-10-6-5-7-15(18)13-19(22)16-11-12-23(14-16)20(24)21-17-8-3-2-4-9-17/h2-10,13,16H,11-12,14H2,1H3,(H,21,24). The van der Waals surface area contributed by atoms with E-state index in [1.807, 2.05) is 35.2 Å². The SMILES string of the molecule is Cn1c(C2CCN(C(=O)Nc3ccccc3)C2)cc2ccccc21. The molecule has 0 saturated carbocycles. The molecule has 1 aliphatic heterocycles. The third-order valence-corrected chi connectivity index (χ3v) is 4.91. The van der Waals surface area contributed by atoms with Gasteiger partial charge in [0.15, 0.2) is 0 Å². The van der Waals surface area contributed by atoms with Crippen molar-refractivity contribution in [1.82, 2.24) is 9.47 Å². The van der Waals surface area contributed by atoms with E-state index >= 15 is 0 Å². The molecular weight excluding hydrogens is 298 g/mol. The third kappa shape index (κ3) is 2.64. The van der Waals surface area contributed by atoms with Gasteiger partial charge in [-0.2, -0.15) is 0 Å². The number of carbonyl (C=O) groups is 1. The first-order chi connectivity index (χ1) is 11.7. The van der Waals surface area contributed by atoms with Gasteiger partial charge in [0, 0.05) is 43.0 Å². The van der Waals surface area contributed by atoms with Crippen molar-refractivity contribution >= 4 is 22.6 Å². The van der Waals surface area contributed by atoms with Crippen LogP contribution in [0.2, 0.25) is 0 Å². The summed E-state index contributed by atoms with van der Waals surface area (Å²) in [6.45, 7) is 1.56. The number of rotatable bonds is 2. The number of carbonyl (C=O) groups excluding carboxylic acids is 1. The zero-order valence-electron chi connectivity index (χ0n) is 13.8. The first-order valence-electron chi connectivity index (χ1n) is 8.38. The predicted molar refractivity (Wildman–Crippen MR) is 97.3 cm³/mol. The highest BCUT2D eigenvalue weighted by Crippen LogP contribution is 2.31. The van der Waals surface area contributed by atoms with Gasteiger partial charge < -0.3 is 14.8 Å². The molecule has 2 amide bonds. The van der Waals surface area contributed by atoms with Gasteiger partial charge in [0.2, 0.25) is 0 Å². The summed E-state index contributed by atoms with van der Waals surface area (Å²) in [7, 11) is 2.12. The minimum Gasteiger partial charge on any atom is -0.347 e. The van der Waals surface area contributed by atoms with E-state index in [1.54, 1.807) is 0 Å². The smallest absolute Gasteiger partial charge is 0.321 e. The van der Waals surface area contributed by atoms with Crippen LogP contribution in [0.15, 0.2) is 60.7 Å². The van der Waals surface area contributed by atoms with Crippen LogP contribution in [-0.2, 0) is 7.05 Å². The molecule has 1 aliphatic rings. The molecule has 2 heterocycles. The van der Waals surface area contributed by atoms with E-state index < -0.39 is 0 Å². The van der Waals surface area contributed by atoms with E-state index in [0.717, 1.165) is 25.2 Å². The zero-order chi connectivity index (χ0) is 16.5. The molecule has 0 radical (unpaired) electrons. The van der Waals surface area contributed by atoms with Crippen molar-refractivity contribution in [3.8, 4) is 0 Å². The maximum absolute atomic E-state index is 12.5. The zero-order valence-corrected chi connectivity index (χ0v) is 13.8. The molecule has 4 heteroatoms. The number of fused-ring (bicyclic) bond motifs is 1. The molecule has 1 aromatic heterocycles. The molecule has 4 nitrogen and oxygen atoms in total. The Bertz CT molecular complexity index is 869. The number of nitrogens with one attached hydrogen (secondary N) is 1. The number of nitrogens with zero attached hydrogens (tertiary/aromatic N) is 2. The molecule has 1 N–H and O–H groups in total. The van der Waals surface area contributed by atoms with Crippen LogP contribution in [0.4, 0.5) is 10.5 Å². The van der Waals surface area contributed by atoms with E-state index in [-0.39, 0.29) is 6.03 Å². The Morgan fingerprint density at radius 1 is 1.08 bits per heavy atom. The van der Waals surface area contributed by atoms with E-state index in [9.17, 15) is 4.79 Å². The topological polar surface area (TPSA) is 37.3 Å². The Labute approximate surface area is 141 Å². The fourth-order valence-electron chi connectivity index (χ4n) is 3.61. The number of aromatic nitrogens is 1. The van der Waals surface area contributed by atoms with Gasteiger partial charge >= 0.3 is 6.03 Å². The van der Waals surface area contributed by atoms with Crippen molar-refractivity contribution in [3.63, 3.8) is 0 Å². The first-order valence-corrected chi connectivity index (χ1v) is 8.38. The van der Waals surface area contributed by atoms with Crippen LogP contribution in [0.3, 0.4) is 0 Å². The summed E-state index contributed by atoms with van der Waals surface area (Å²) < 4.78 is 2.26. The number of likely N-dealkylation sites (tertiary alicyclic amines) is 1. The first kappa shape index (κ1) is 14.8. The van der Waals surface area contributed by atoms with E-state index in [0.29, 0.717) is 5.92 Å². The Kier molecular flexibility index (Phi) is 3.73. The second-order valence-corrected chi connectivity index (χ2v) is 6.41. The largest absolute Gasteiger partial charge is 0.347 e. The summed E-state index contributed by atoms with van der Waals surface area (Å²) in [5.74, 6) is 0.393. The molecule has 1 unspecified atom stereocenters. The molecule has 3 aromatic rings. The van der Waals surface area contributed by atoms with Crippen molar-refractivity contribution in [1.29, 1.82) is 0 Å². The monoisotopic (exact) mass is 319 g/mol. The number of urea groups is 1. The van der Waals surface area contributed by atoms with Crippen LogP contribution in [0.25, 0.3) is 10.9 Å². The second kappa shape index (κ2) is 6.04. The lowest BCUT2D eigenvalue weighted by Gasteiger charge is -2.18. The molecule has 2 aromatic carbocycles. The lowest BCUT2D eigenvalue weighted by Crippen LogP contribution is -2.32. The Hall–Kier alpha value is -2.75. The number of amides is 2. The Morgan fingerprint density at radius 2 is 1.83 bits per heavy atom. The highest BCUT2D eigenvalue weighted by molar-refractivity contribution is 5.89. The van der Waals surface area contributed by atoms with Crippen LogP contribution in [-0.4, -0.2) is 28.6 Å². The molecule has 122 valence electrons. The van der Waals surface area contributed by atoms with E-state index in [4.69, 9.17) is 0 Å². The maximum atomic E-state index is 12.5. The number of para-hydroxylation sites is 2. The highest BCUT2D eigenvalue weighted by Gasteiger charge is 2.29. The molecule has 1 atom stereocenters. The lowest BCUT2D eigenvalue weighted by molar-refractivity contribution is 0.222. The minimum atomic E-state index is -0.0116. The summed E-state index contributed by atoms with van der Waals surface area (Å²) >= 11 is 0. The number of aryl methyl sites for hydroxylation is 1. The van der Waals surface area contributed by atoms with Crippen LogP contribution in [0, 0.1) is 0 Å². The third-order valence-electron chi connectivity index (χ3n) is 4.91.